The minimum atomic E-state index is -0.328. The Morgan fingerprint density at radius 2 is 2.24 bits per heavy atom. The summed E-state index contributed by atoms with van der Waals surface area (Å²) in [5.41, 5.74) is 12.3. The third-order valence-corrected chi connectivity index (χ3v) is 4.11. The largest absolute Gasteiger partial charge is 0.369 e. The van der Waals surface area contributed by atoms with Crippen LogP contribution in [0.1, 0.15) is 24.2 Å². The van der Waals surface area contributed by atoms with Gasteiger partial charge in [0.1, 0.15) is 0 Å². The molecule has 0 spiro atoms. The lowest BCUT2D eigenvalue weighted by Gasteiger charge is -2.22. The van der Waals surface area contributed by atoms with Gasteiger partial charge in [-0.3, -0.25) is 4.79 Å². The molecule has 1 amide bonds. The number of rotatable bonds is 6. The highest BCUT2D eigenvalue weighted by Gasteiger charge is 2.19. The quantitative estimate of drug-likeness (QED) is 0.835. The van der Waals surface area contributed by atoms with Gasteiger partial charge in [-0.25, -0.2) is 0 Å². The predicted octanol–water partition coefficient (Wildman–Crippen LogP) is 2.34. The highest BCUT2D eigenvalue weighted by atomic mass is 35.5. The number of hydrogen-bond acceptors (Lipinski definition) is 3. The van der Waals surface area contributed by atoms with Crippen LogP contribution in [0, 0.1) is 0 Å². The Hall–Kier alpha value is -0.710. The van der Waals surface area contributed by atoms with Gasteiger partial charge in [0.25, 0.3) is 0 Å². The van der Waals surface area contributed by atoms with Crippen molar-refractivity contribution < 1.29 is 4.79 Å². The molecular weight excluding hydrogens is 256 g/mol. The molecule has 0 heterocycles. The summed E-state index contributed by atoms with van der Waals surface area (Å²) in [5, 5.41) is 0.724. The zero-order valence-electron chi connectivity index (χ0n) is 9.73. The summed E-state index contributed by atoms with van der Waals surface area (Å²) >= 11 is 7.42. The van der Waals surface area contributed by atoms with Crippen molar-refractivity contribution in [3.63, 3.8) is 0 Å². The number of hydrogen-bond donors (Lipinski definition) is 2. The zero-order valence-corrected chi connectivity index (χ0v) is 11.3. The second kappa shape index (κ2) is 6.89. The number of primary amides is 1. The summed E-state index contributed by atoms with van der Waals surface area (Å²) in [4.78, 5) is 10.8. The number of carbonyl (C=O) groups excluding carboxylic acids is 1. The topological polar surface area (TPSA) is 69.1 Å². The summed E-state index contributed by atoms with van der Waals surface area (Å²) < 4.78 is 0. The number of halogens is 1. The monoisotopic (exact) mass is 272 g/mol. The van der Waals surface area contributed by atoms with Crippen LogP contribution in [-0.4, -0.2) is 17.7 Å². The van der Waals surface area contributed by atoms with Gasteiger partial charge < -0.3 is 11.5 Å². The average molecular weight is 273 g/mol. The molecule has 0 aromatic heterocycles. The van der Waals surface area contributed by atoms with Crippen LogP contribution in [0.25, 0.3) is 0 Å². The summed E-state index contributed by atoms with van der Waals surface area (Å²) in [7, 11) is 0. The first-order chi connectivity index (χ1) is 8.04. The van der Waals surface area contributed by atoms with Crippen LogP contribution in [0.5, 0.6) is 0 Å². The van der Waals surface area contributed by atoms with Crippen molar-refractivity contribution in [3.8, 4) is 0 Å². The molecule has 5 heteroatoms. The van der Waals surface area contributed by atoms with Crippen LogP contribution in [0.4, 0.5) is 0 Å². The zero-order chi connectivity index (χ0) is 12.8. The molecule has 0 saturated carbocycles. The average Bonchev–Trinajstić information content (AvgIpc) is 2.28. The smallest absolute Gasteiger partial charge is 0.227 e. The van der Waals surface area contributed by atoms with E-state index in [-0.39, 0.29) is 23.0 Å². The lowest BCUT2D eigenvalue weighted by molar-refractivity contribution is -0.115. The van der Waals surface area contributed by atoms with Crippen molar-refractivity contribution in [1.29, 1.82) is 0 Å². The first kappa shape index (κ1) is 14.4. The van der Waals surface area contributed by atoms with Crippen molar-refractivity contribution in [2.24, 2.45) is 11.5 Å². The summed E-state index contributed by atoms with van der Waals surface area (Å²) in [6.45, 7) is 2.02. The van der Waals surface area contributed by atoms with Gasteiger partial charge in [0.05, 0.1) is 5.75 Å². The number of nitrogens with two attached hydrogens (primary N) is 2. The van der Waals surface area contributed by atoms with E-state index in [2.05, 4.69) is 0 Å². The Labute approximate surface area is 111 Å². The van der Waals surface area contributed by atoms with Gasteiger partial charge in [-0.15, -0.1) is 11.8 Å². The van der Waals surface area contributed by atoms with E-state index in [0.29, 0.717) is 5.02 Å². The van der Waals surface area contributed by atoms with E-state index in [1.807, 2.05) is 31.2 Å². The Bertz CT molecular complexity index is 387. The number of carbonyl (C=O) groups is 1. The van der Waals surface area contributed by atoms with Crippen LogP contribution in [0.2, 0.25) is 5.02 Å². The van der Waals surface area contributed by atoms with Crippen molar-refractivity contribution in [2.75, 3.05) is 5.75 Å². The molecule has 0 bridgehead atoms. The van der Waals surface area contributed by atoms with E-state index in [0.717, 1.165) is 12.0 Å². The maximum absolute atomic E-state index is 10.8. The summed E-state index contributed by atoms with van der Waals surface area (Å²) in [6.07, 6.45) is 0.836. The second-order valence-electron chi connectivity index (χ2n) is 3.83. The molecule has 0 aliphatic heterocycles. The summed E-state index contributed by atoms with van der Waals surface area (Å²) in [5.74, 6) is -0.0597. The van der Waals surface area contributed by atoms with Gasteiger partial charge in [0, 0.05) is 16.3 Å². The van der Waals surface area contributed by atoms with E-state index in [9.17, 15) is 4.79 Å². The third kappa shape index (κ3) is 4.58. The molecule has 0 fully saturated rings. The highest BCUT2D eigenvalue weighted by Crippen LogP contribution is 2.33. The fourth-order valence-electron chi connectivity index (χ4n) is 1.54. The number of thioether (sulfide) groups is 1. The van der Waals surface area contributed by atoms with E-state index >= 15 is 0 Å². The van der Waals surface area contributed by atoms with Gasteiger partial charge in [0.15, 0.2) is 0 Å². The third-order valence-electron chi connectivity index (χ3n) is 2.44. The molecule has 2 unspecified atom stereocenters. The molecule has 3 nitrogen and oxygen atoms in total. The minimum absolute atomic E-state index is 0.0159. The number of benzene rings is 1. The molecule has 1 rings (SSSR count). The molecule has 0 aliphatic rings. The van der Waals surface area contributed by atoms with Crippen LogP contribution >= 0.6 is 23.4 Å². The van der Waals surface area contributed by atoms with Crippen molar-refractivity contribution in [2.45, 2.75) is 24.6 Å². The SMILES string of the molecule is CCC(N)C(SCC(N)=O)c1cccc(Cl)c1. The van der Waals surface area contributed by atoms with Crippen molar-refractivity contribution in [1.82, 2.24) is 0 Å². The van der Waals surface area contributed by atoms with Crippen LogP contribution in [0.15, 0.2) is 24.3 Å². The van der Waals surface area contributed by atoms with E-state index in [4.69, 9.17) is 23.1 Å². The second-order valence-corrected chi connectivity index (χ2v) is 5.39. The lowest BCUT2D eigenvalue weighted by atomic mass is 10.0. The molecule has 1 aromatic rings. The van der Waals surface area contributed by atoms with Gasteiger partial charge in [-0.05, 0) is 24.1 Å². The van der Waals surface area contributed by atoms with Crippen LogP contribution in [-0.2, 0) is 4.79 Å². The van der Waals surface area contributed by atoms with E-state index in [1.165, 1.54) is 11.8 Å². The molecule has 1 aromatic carbocycles. The standard InChI is InChI=1S/C12H17ClN2OS/c1-2-10(14)12(17-7-11(15)16)8-4-3-5-9(13)6-8/h3-6,10,12H,2,7,14H2,1H3,(H2,15,16). The normalized spacial score (nSPS) is 14.3. The minimum Gasteiger partial charge on any atom is -0.369 e. The molecule has 94 valence electrons. The van der Waals surface area contributed by atoms with Gasteiger partial charge in [-0.1, -0.05) is 30.7 Å². The van der Waals surface area contributed by atoms with Gasteiger partial charge in [0.2, 0.25) is 5.91 Å². The van der Waals surface area contributed by atoms with Crippen molar-refractivity contribution in [3.05, 3.63) is 34.9 Å². The van der Waals surface area contributed by atoms with Crippen LogP contribution < -0.4 is 11.5 Å². The van der Waals surface area contributed by atoms with E-state index < -0.39 is 0 Å². The Balaban J connectivity index is 2.85. The maximum atomic E-state index is 10.8. The first-order valence-corrected chi connectivity index (χ1v) is 6.88. The van der Waals surface area contributed by atoms with E-state index in [1.54, 1.807) is 0 Å². The molecule has 2 atom stereocenters. The Morgan fingerprint density at radius 1 is 1.53 bits per heavy atom. The molecule has 0 radical (unpaired) electrons. The van der Waals surface area contributed by atoms with Crippen molar-refractivity contribution >= 4 is 29.3 Å². The van der Waals surface area contributed by atoms with Crippen LogP contribution in [0.3, 0.4) is 0 Å². The Kier molecular flexibility index (Phi) is 5.82. The Morgan fingerprint density at radius 3 is 2.76 bits per heavy atom. The van der Waals surface area contributed by atoms with Gasteiger partial charge in [-0.2, -0.15) is 0 Å². The first-order valence-electron chi connectivity index (χ1n) is 5.45. The summed E-state index contributed by atoms with van der Waals surface area (Å²) in [6, 6.07) is 7.55. The predicted molar refractivity (Wildman–Crippen MR) is 74.1 cm³/mol. The fourth-order valence-corrected chi connectivity index (χ4v) is 2.86. The highest BCUT2D eigenvalue weighted by molar-refractivity contribution is 8.00. The molecular formula is C12H17ClN2OS. The number of amides is 1. The van der Waals surface area contributed by atoms with Gasteiger partial charge >= 0.3 is 0 Å². The lowest BCUT2D eigenvalue weighted by Crippen LogP contribution is -2.27. The fraction of sp³-hybridized carbons (Fsp3) is 0.417. The molecule has 0 aliphatic carbocycles. The molecule has 0 saturated heterocycles. The maximum Gasteiger partial charge on any atom is 0.227 e. The molecule has 17 heavy (non-hydrogen) atoms. The molecule has 4 N–H and O–H groups in total.